The van der Waals surface area contributed by atoms with E-state index in [0.717, 1.165) is 24.3 Å². The predicted octanol–water partition coefficient (Wildman–Crippen LogP) is 5.52. The molecular weight excluding hydrogens is 488 g/mol. The minimum Gasteiger partial charge on any atom is -0.322 e. The summed E-state index contributed by atoms with van der Waals surface area (Å²) >= 11 is 7.42. The predicted molar refractivity (Wildman–Crippen MR) is 99.9 cm³/mol. The van der Waals surface area contributed by atoms with Crippen molar-refractivity contribution in [2.75, 3.05) is 5.32 Å². The summed E-state index contributed by atoms with van der Waals surface area (Å²) in [6.07, 6.45) is -2.41. The summed E-state index contributed by atoms with van der Waals surface area (Å²) in [6.45, 7) is 0. The monoisotopic (exact) mass is 496 g/mol. The smallest absolute Gasteiger partial charge is 0.322 e. The van der Waals surface area contributed by atoms with E-state index in [1.54, 1.807) is 22.6 Å². The maximum Gasteiger partial charge on any atom is 0.418 e. The van der Waals surface area contributed by atoms with Gasteiger partial charge in [0, 0.05) is 15.7 Å². The van der Waals surface area contributed by atoms with Gasteiger partial charge < -0.3 is 5.32 Å². The van der Waals surface area contributed by atoms with Gasteiger partial charge in [0.05, 0.1) is 16.2 Å². The van der Waals surface area contributed by atoms with Gasteiger partial charge in [-0.15, -0.1) is 0 Å². The Morgan fingerprint density at radius 2 is 1.92 bits per heavy atom. The van der Waals surface area contributed by atoms with Crippen LogP contribution in [0.4, 0.5) is 24.5 Å². The third kappa shape index (κ3) is 5.18. The Kier molecular flexibility index (Phi) is 6.24. The number of carbonyl (C=O) groups is 1. The summed E-state index contributed by atoms with van der Waals surface area (Å²) in [5.41, 5.74) is -1.39. The Morgan fingerprint density at radius 1 is 1.23 bits per heavy atom. The lowest BCUT2D eigenvalue weighted by Gasteiger charge is -2.13. The second kappa shape index (κ2) is 8.04. The number of nitrogens with one attached hydrogen (secondary N) is 1. The number of anilines is 1. The van der Waals surface area contributed by atoms with E-state index in [1.807, 2.05) is 0 Å². The molecule has 2 aromatic rings. The van der Waals surface area contributed by atoms with Crippen LogP contribution in [0.3, 0.4) is 0 Å². The van der Waals surface area contributed by atoms with E-state index in [4.69, 9.17) is 11.6 Å². The minimum absolute atomic E-state index is 0.0645. The van der Waals surface area contributed by atoms with E-state index in [-0.39, 0.29) is 16.4 Å². The average Bonchev–Trinajstić information content (AvgIpc) is 2.54. The lowest BCUT2D eigenvalue weighted by Crippen LogP contribution is -2.14. The third-order valence-corrected chi connectivity index (χ3v) is 4.13. The van der Waals surface area contributed by atoms with E-state index < -0.39 is 22.6 Å². The van der Waals surface area contributed by atoms with Gasteiger partial charge in [-0.25, -0.2) is 0 Å². The Morgan fingerprint density at radius 3 is 2.54 bits per heavy atom. The van der Waals surface area contributed by atoms with E-state index in [9.17, 15) is 28.1 Å². The van der Waals surface area contributed by atoms with Crippen LogP contribution in [0, 0.1) is 13.7 Å². The molecule has 1 N–H and O–H groups in total. The SMILES string of the molecule is O=C(C=Cc1ccc(Cl)c([N+](=O)[O-])c1)Nc1ccc(I)cc1C(F)(F)F. The van der Waals surface area contributed by atoms with E-state index in [0.29, 0.717) is 9.13 Å². The first kappa shape index (κ1) is 20.2. The lowest BCUT2D eigenvalue weighted by atomic mass is 10.1. The molecule has 0 aliphatic rings. The molecule has 0 aromatic heterocycles. The first-order valence-corrected chi connectivity index (χ1v) is 8.33. The zero-order valence-electron chi connectivity index (χ0n) is 12.7. The molecule has 5 nitrogen and oxygen atoms in total. The van der Waals surface area contributed by atoms with Crippen molar-refractivity contribution < 1.29 is 22.9 Å². The van der Waals surface area contributed by atoms with Crippen molar-refractivity contribution in [3.63, 3.8) is 0 Å². The topological polar surface area (TPSA) is 72.2 Å². The Bertz CT molecular complexity index is 901. The van der Waals surface area contributed by atoms with Crippen molar-refractivity contribution >= 4 is 57.5 Å². The number of halogens is 5. The number of hydrogen-bond donors (Lipinski definition) is 1. The molecule has 0 aliphatic heterocycles. The van der Waals surface area contributed by atoms with E-state index in [2.05, 4.69) is 5.32 Å². The van der Waals surface area contributed by atoms with Gasteiger partial charge in [0.1, 0.15) is 5.02 Å². The average molecular weight is 497 g/mol. The number of benzene rings is 2. The summed E-state index contributed by atoms with van der Waals surface area (Å²) in [4.78, 5) is 22.1. The van der Waals surface area contributed by atoms with Gasteiger partial charge in [-0.3, -0.25) is 14.9 Å². The van der Waals surface area contributed by atoms with Crippen molar-refractivity contribution in [3.05, 3.63) is 72.3 Å². The maximum atomic E-state index is 13.0. The van der Waals surface area contributed by atoms with Gasteiger partial charge in [0.2, 0.25) is 5.91 Å². The van der Waals surface area contributed by atoms with Gasteiger partial charge >= 0.3 is 6.18 Å². The first-order chi connectivity index (χ1) is 12.1. The number of alkyl halides is 3. The highest BCUT2D eigenvalue weighted by atomic mass is 127. The van der Waals surface area contributed by atoms with Gasteiger partial charge in [-0.05, 0) is 58.5 Å². The maximum absolute atomic E-state index is 13.0. The summed E-state index contributed by atoms with van der Waals surface area (Å²) < 4.78 is 39.5. The van der Waals surface area contributed by atoms with E-state index >= 15 is 0 Å². The highest BCUT2D eigenvalue weighted by molar-refractivity contribution is 14.1. The summed E-state index contributed by atoms with van der Waals surface area (Å²) in [5.74, 6) is -0.811. The molecule has 0 unspecified atom stereocenters. The minimum atomic E-state index is -4.62. The van der Waals surface area contributed by atoms with Crippen LogP contribution >= 0.6 is 34.2 Å². The molecule has 0 atom stereocenters. The van der Waals surface area contributed by atoms with Gasteiger partial charge in [-0.1, -0.05) is 17.7 Å². The molecular formula is C16H9ClF3IN2O3. The van der Waals surface area contributed by atoms with Crippen LogP contribution in [0.5, 0.6) is 0 Å². The first-order valence-electron chi connectivity index (χ1n) is 6.87. The fourth-order valence-corrected chi connectivity index (χ4v) is 2.66. The van der Waals surface area contributed by atoms with Crippen LogP contribution in [0.2, 0.25) is 5.02 Å². The molecule has 0 saturated carbocycles. The zero-order chi connectivity index (χ0) is 19.5. The van der Waals surface area contributed by atoms with Crippen molar-refractivity contribution in [1.29, 1.82) is 0 Å². The van der Waals surface area contributed by atoms with Crippen LogP contribution in [0.1, 0.15) is 11.1 Å². The molecule has 0 fully saturated rings. The molecule has 0 radical (unpaired) electrons. The molecule has 0 aliphatic carbocycles. The normalized spacial score (nSPS) is 11.6. The Hall–Kier alpha value is -2.14. The quantitative estimate of drug-likeness (QED) is 0.262. The number of nitrogens with zero attached hydrogens (tertiary/aromatic N) is 1. The molecule has 2 aromatic carbocycles. The highest BCUT2D eigenvalue weighted by Gasteiger charge is 2.34. The fourth-order valence-electron chi connectivity index (χ4n) is 1.98. The Balaban J connectivity index is 2.21. The summed E-state index contributed by atoms with van der Waals surface area (Å²) in [6, 6.07) is 7.38. The highest BCUT2D eigenvalue weighted by Crippen LogP contribution is 2.35. The van der Waals surface area contributed by atoms with Gasteiger partial charge in [0.15, 0.2) is 0 Å². The number of amides is 1. The summed E-state index contributed by atoms with van der Waals surface area (Å²) in [5, 5.41) is 12.9. The Labute approximate surface area is 164 Å². The zero-order valence-corrected chi connectivity index (χ0v) is 15.6. The van der Waals surface area contributed by atoms with Gasteiger partial charge in [0.25, 0.3) is 5.69 Å². The lowest BCUT2D eigenvalue weighted by molar-refractivity contribution is -0.384. The largest absolute Gasteiger partial charge is 0.418 e. The van der Waals surface area contributed by atoms with Gasteiger partial charge in [-0.2, -0.15) is 13.2 Å². The molecule has 0 spiro atoms. The number of nitro benzene ring substituents is 1. The number of nitro groups is 1. The van der Waals surface area contributed by atoms with Crippen molar-refractivity contribution in [1.82, 2.24) is 0 Å². The number of hydrogen-bond acceptors (Lipinski definition) is 3. The number of carbonyl (C=O) groups excluding carboxylic acids is 1. The van der Waals surface area contributed by atoms with Crippen molar-refractivity contribution in [3.8, 4) is 0 Å². The van der Waals surface area contributed by atoms with Crippen LogP contribution in [-0.4, -0.2) is 10.8 Å². The molecule has 0 heterocycles. The van der Waals surface area contributed by atoms with Crippen molar-refractivity contribution in [2.45, 2.75) is 6.18 Å². The molecule has 1 amide bonds. The van der Waals surface area contributed by atoms with Crippen LogP contribution in [0.15, 0.2) is 42.5 Å². The molecule has 136 valence electrons. The third-order valence-electron chi connectivity index (χ3n) is 3.14. The van der Waals surface area contributed by atoms with E-state index in [1.165, 1.54) is 24.3 Å². The molecule has 0 bridgehead atoms. The molecule has 0 saturated heterocycles. The van der Waals surface area contributed by atoms with Crippen LogP contribution < -0.4 is 5.32 Å². The molecule has 10 heteroatoms. The molecule has 2 rings (SSSR count). The van der Waals surface area contributed by atoms with Crippen LogP contribution in [-0.2, 0) is 11.0 Å². The second-order valence-corrected chi connectivity index (χ2v) is 6.63. The standard InChI is InChI=1S/C16H9ClF3IN2O3/c17-12-4-1-9(7-14(12)23(25)26)2-6-15(24)22-13-5-3-10(21)8-11(13)16(18,19)20/h1-8H,(H,22,24). The summed E-state index contributed by atoms with van der Waals surface area (Å²) in [7, 11) is 0. The number of rotatable bonds is 4. The van der Waals surface area contributed by atoms with Crippen molar-refractivity contribution in [2.24, 2.45) is 0 Å². The fraction of sp³-hybridized carbons (Fsp3) is 0.0625. The van der Waals surface area contributed by atoms with Crippen LogP contribution in [0.25, 0.3) is 6.08 Å². The second-order valence-electron chi connectivity index (χ2n) is 4.98. The molecule has 26 heavy (non-hydrogen) atoms.